The lowest BCUT2D eigenvalue weighted by atomic mass is 10.1. The zero-order valence-corrected chi connectivity index (χ0v) is 10.1. The minimum atomic E-state index is 0.0520. The number of hydrogen-bond donors (Lipinski definition) is 2. The molecule has 4 heteroatoms. The van der Waals surface area contributed by atoms with Crippen molar-refractivity contribution in [2.24, 2.45) is 5.92 Å². The van der Waals surface area contributed by atoms with E-state index in [1.54, 1.807) is 0 Å². The fourth-order valence-electron chi connectivity index (χ4n) is 1.66. The van der Waals surface area contributed by atoms with Gasteiger partial charge >= 0.3 is 0 Å². The highest BCUT2D eigenvalue weighted by molar-refractivity contribution is 9.10. The number of anilines is 2. The molecule has 1 heterocycles. The van der Waals surface area contributed by atoms with Crippen LogP contribution in [0, 0.1) is 5.92 Å². The number of hydrogen-bond acceptors (Lipinski definition) is 2. The molecule has 0 aromatic heterocycles. The molecule has 1 unspecified atom stereocenters. The van der Waals surface area contributed by atoms with E-state index in [9.17, 15) is 4.79 Å². The average Bonchev–Trinajstić information content (AvgIpc) is 2.36. The van der Waals surface area contributed by atoms with Gasteiger partial charge in [-0.1, -0.05) is 22.9 Å². The topological polar surface area (TPSA) is 41.1 Å². The van der Waals surface area contributed by atoms with Crippen molar-refractivity contribution >= 4 is 33.2 Å². The summed E-state index contributed by atoms with van der Waals surface area (Å²) in [6, 6.07) is 5.81. The van der Waals surface area contributed by atoms with Crippen molar-refractivity contribution in [1.29, 1.82) is 0 Å². The van der Waals surface area contributed by atoms with Crippen LogP contribution in [-0.4, -0.2) is 12.5 Å². The molecule has 0 radical (unpaired) electrons. The molecule has 0 bridgehead atoms. The number of carbonyl (C=O) groups is 1. The number of rotatable bonds is 1. The van der Waals surface area contributed by atoms with Gasteiger partial charge in [0.1, 0.15) is 0 Å². The summed E-state index contributed by atoms with van der Waals surface area (Å²) in [5.41, 5.74) is 1.84. The molecule has 15 heavy (non-hydrogen) atoms. The number of halogens is 1. The van der Waals surface area contributed by atoms with E-state index >= 15 is 0 Å². The molecule has 3 nitrogen and oxygen atoms in total. The smallest absolute Gasteiger partial charge is 0.229 e. The Balaban J connectivity index is 2.31. The first-order chi connectivity index (χ1) is 7.20. The minimum absolute atomic E-state index is 0.0520. The van der Waals surface area contributed by atoms with Crippen LogP contribution in [-0.2, 0) is 4.79 Å². The average molecular weight is 269 g/mol. The normalized spacial score (nSPS) is 19.9. The van der Waals surface area contributed by atoms with Crippen LogP contribution in [0.5, 0.6) is 0 Å². The van der Waals surface area contributed by atoms with Crippen LogP contribution in [0.3, 0.4) is 0 Å². The molecule has 2 rings (SSSR count). The van der Waals surface area contributed by atoms with Crippen LogP contribution >= 0.6 is 15.9 Å². The molecule has 0 aliphatic carbocycles. The van der Waals surface area contributed by atoms with Crippen molar-refractivity contribution < 1.29 is 4.79 Å². The van der Waals surface area contributed by atoms with Crippen molar-refractivity contribution in [2.75, 3.05) is 17.2 Å². The van der Waals surface area contributed by atoms with Crippen molar-refractivity contribution in [2.45, 2.75) is 13.3 Å². The first-order valence-electron chi connectivity index (χ1n) is 5.05. The summed E-state index contributed by atoms with van der Waals surface area (Å²) in [5.74, 6) is 0.155. The van der Waals surface area contributed by atoms with E-state index in [0.717, 1.165) is 22.3 Å². The maximum atomic E-state index is 11.7. The van der Waals surface area contributed by atoms with Crippen molar-refractivity contribution in [1.82, 2.24) is 0 Å². The van der Waals surface area contributed by atoms with Crippen LogP contribution in [0.15, 0.2) is 22.7 Å². The van der Waals surface area contributed by atoms with Gasteiger partial charge in [0.05, 0.1) is 17.3 Å². The lowest BCUT2D eigenvalue weighted by Gasteiger charge is -2.09. The van der Waals surface area contributed by atoms with Crippen LogP contribution in [0.4, 0.5) is 11.4 Å². The highest BCUT2D eigenvalue weighted by Gasteiger charge is 2.21. The summed E-state index contributed by atoms with van der Waals surface area (Å²) >= 11 is 3.41. The fraction of sp³-hybridized carbons (Fsp3) is 0.364. The summed E-state index contributed by atoms with van der Waals surface area (Å²) in [4.78, 5) is 11.7. The van der Waals surface area contributed by atoms with Gasteiger partial charge in [-0.15, -0.1) is 0 Å². The number of nitrogens with one attached hydrogen (secondary N) is 2. The van der Waals surface area contributed by atoms with Gasteiger partial charge in [-0.25, -0.2) is 0 Å². The van der Waals surface area contributed by atoms with Gasteiger partial charge in [0.25, 0.3) is 0 Å². The molecular weight excluding hydrogens is 256 g/mol. The Labute approximate surface area is 97.4 Å². The number of benzene rings is 1. The van der Waals surface area contributed by atoms with Crippen molar-refractivity contribution in [3.8, 4) is 0 Å². The molecule has 0 spiro atoms. The van der Waals surface area contributed by atoms with E-state index in [2.05, 4.69) is 26.6 Å². The summed E-state index contributed by atoms with van der Waals surface area (Å²) in [6.45, 7) is 2.73. The van der Waals surface area contributed by atoms with Crippen LogP contribution in [0.2, 0.25) is 0 Å². The first kappa shape index (κ1) is 10.5. The first-order valence-corrected chi connectivity index (χ1v) is 5.84. The number of fused-ring (bicyclic) bond motifs is 1. The number of amides is 1. The lowest BCUT2D eigenvalue weighted by molar-refractivity contribution is -0.119. The predicted molar refractivity (Wildman–Crippen MR) is 65.0 cm³/mol. The summed E-state index contributed by atoms with van der Waals surface area (Å²) in [5, 5.41) is 6.21. The Morgan fingerprint density at radius 3 is 3.00 bits per heavy atom. The molecule has 1 aliphatic rings. The largest absolute Gasteiger partial charge is 0.383 e. The van der Waals surface area contributed by atoms with E-state index in [-0.39, 0.29) is 11.8 Å². The SMILES string of the molecule is CCC1CNc2cc(Br)ccc2NC1=O. The van der Waals surface area contributed by atoms with Gasteiger partial charge in [-0.2, -0.15) is 0 Å². The van der Waals surface area contributed by atoms with E-state index in [0.29, 0.717) is 6.54 Å². The summed E-state index contributed by atoms with van der Waals surface area (Å²) in [7, 11) is 0. The Morgan fingerprint density at radius 2 is 2.27 bits per heavy atom. The number of carbonyl (C=O) groups excluding carboxylic acids is 1. The second-order valence-corrected chi connectivity index (χ2v) is 4.58. The molecule has 0 saturated heterocycles. The standard InChI is InChI=1S/C11H13BrN2O/c1-2-7-6-13-10-5-8(12)3-4-9(10)14-11(7)15/h3-5,7,13H,2,6H2,1H3,(H,14,15). The molecule has 1 aromatic carbocycles. The highest BCUT2D eigenvalue weighted by atomic mass is 79.9. The molecule has 80 valence electrons. The fourth-order valence-corrected chi connectivity index (χ4v) is 2.02. The van der Waals surface area contributed by atoms with Gasteiger partial charge in [0.15, 0.2) is 0 Å². The zero-order valence-electron chi connectivity index (χ0n) is 8.51. The van der Waals surface area contributed by atoms with E-state index in [1.165, 1.54) is 0 Å². The molecular formula is C11H13BrN2O. The third kappa shape index (κ3) is 2.15. The minimum Gasteiger partial charge on any atom is -0.383 e. The quantitative estimate of drug-likeness (QED) is 0.823. The molecule has 1 aromatic rings. The third-order valence-corrected chi connectivity index (χ3v) is 3.14. The Bertz CT molecular complexity index is 392. The molecule has 0 fully saturated rings. The van der Waals surface area contributed by atoms with E-state index in [4.69, 9.17) is 0 Å². The third-order valence-electron chi connectivity index (χ3n) is 2.64. The van der Waals surface area contributed by atoms with Crippen molar-refractivity contribution in [3.05, 3.63) is 22.7 Å². The zero-order chi connectivity index (χ0) is 10.8. The van der Waals surface area contributed by atoms with E-state index in [1.807, 2.05) is 25.1 Å². The van der Waals surface area contributed by atoms with Crippen LogP contribution in [0.25, 0.3) is 0 Å². The van der Waals surface area contributed by atoms with Gasteiger partial charge in [0.2, 0.25) is 5.91 Å². The Morgan fingerprint density at radius 1 is 1.47 bits per heavy atom. The highest BCUT2D eigenvalue weighted by Crippen LogP contribution is 2.29. The van der Waals surface area contributed by atoms with Gasteiger partial charge in [0, 0.05) is 11.0 Å². The molecule has 1 amide bonds. The maximum Gasteiger partial charge on any atom is 0.229 e. The summed E-state index contributed by atoms with van der Waals surface area (Å²) < 4.78 is 1.01. The van der Waals surface area contributed by atoms with E-state index < -0.39 is 0 Å². The Hall–Kier alpha value is -1.03. The van der Waals surface area contributed by atoms with Crippen LogP contribution < -0.4 is 10.6 Å². The maximum absolute atomic E-state index is 11.7. The predicted octanol–water partition coefficient (Wildman–Crippen LogP) is 2.84. The van der Waals surface area contributed by atoms with Gasteiger partial charge in [-0.3, -0.25) is 4.79 Å². The van der Waals surface area contributed by atoms with Gasteiger partial charge < -0.3 is 10.6 Å². The summed E-state index contributed by atoms with van der Waals surface area (Å²) in [6.07, 6.45) is 0.855. The Kier molecular flexibility index (Phi) is 2.95. The van der Waals surface area contributed by atoms with Gasteiger partial charge in [-0.05, 0) is 24.6 Å². The molecule has 1 aliphatic heterocycles. The van der Waals surface area contributed by atoms with Crippen molar-refractivity contribution in [3.63, 3.8) is 0 Å². The molecule has 1 atom stereocenters. The van der Waals surface area contributed by atoms with Crippen LogP contribution in [0.1, 0.15) is 13.3 Å². The monoisotopic (exact) mass is 268 g/mol. The molecule has 0 saturated carbocycles. The second kappa shape index (κ2) is 4.23. The molecule has 2 N–H and O–H groups in total. The lowest BCUT2D eigenvalue weighted by Crippen LogP contribution is -2.24. The second-order valence-electron chi connectivity index (χ2n) is 3.67.